The minimum atomic E-state index is -0.624. The van der Waals surface area contributed by atoms with Crippen molar-refractivity contribution in [3.05, 3.63) is 0 Å². The fourth-order valence-corrected chi connectivity index (χ4v) is 2.46. The van der Waals surface area contributed by atoms with Crippen LogP contribution in [0.25, 0.3) is 0 Å². The zero-order valence-corrected chi connectivity index (χ0v) is 8.32. The Bertz CT molecular complexity index is 213. The number of carboxylic acid groups (broad SMARTS) is 1. The summed E-state index contributed by atoms with van der Waals surface area (Å²) >= 11 is 0. The van der Waals surface area contributed by atoms with Crippen molar-refractivity contribution < 1.29 is 14.6 Å². The van der Waals surface area contributed by atoms with Gasteiger partial charge in [-0.1, -0.05) is 0 Å². The number of carboxylic acids is 1. The van der Waals surface area contributed by atoms with Crippen LogP contribution < -0.4 is 0 Å². The topological polar surface area (TPSA) is 49.8 Å². The Hall–Kier alpha value is -0.610. The van der Waals surface area contributed by atoms with E-state index in [1.165, 1.54) is 0 Å². The number of ether oxygens (including phenoxy) is 1. The summed E-state index contributed by atoms with van der Waals surface area (Å²) in [5.41, 5.74) is 0. The van der Waals surface area contributed by atoms with Crippen LogP contribution in [0.15, 0.2) is 0 Å². The average molecular weight is 199 g/mol. The molecule has 80 valence electrons. The van der Waals surface area contributed by atoms with Crippen molar-refractivity contribution in [1.82, 2.24) is 4.90 Å². The minimum Gasteiger partial charge on any atom is -0.481 e. The van der Waals surface area contributed by atoms with Gasteiger partial charge in [-0.05, 0) is 19.3 Å². The molecule has 0 spiro atoms. The number of hydrogen-bond donors (Lipinski definition) is 1. The fraction of sp³-hybridized carbons (Fsp3) is 0.900. The van der Waals surface area contributed by atoms with E-state index in [4.69, 9.17) is 9.84 Å². The zero-order chi connectivity index (χ0) is 9.97. The summed E-state index contributed by atoms with van der Waals surface area (Å²) in [6.45, 7) is 3.54. The molecule has 1 saturated carbocycles. The van der Waals surface area contributed by atoms with E-state index in [0.29, 0.717) is 6.04 Å². The summed E-state index contributed by atoms with van der Waals surface area (Å²) in [4.78, 5) is 13.2. The van der Waals surface area contributed by atoms with Crippen molar-refractivity contribution in [2.75, 3.05) is 26.3 Å². The first-order chi connectivity index (χ1) is 6.77. The van der Waals surface area contributed by atoms with Gasteiger partial charge in [0.15, 0.2) is 0 Å². The van der Waals surface area contributed by atoms with Crippen LogP contribution in [0.1, 0.15) is 19.3 Å². The number of hydrogen-bond acceptors (Lipinski definition) is 3. The molecule has 4 heteroatoms. The van der Waals surface area contributed by atoms with E-state index in [0.717, 1.165) is 45.6 Å². The molecule has 1 N–H and O–H groups in total. The van der Waals surface area contributed by atoms with Crippen LogP contribution in [-0.4, -0.2) is 48.3 Å². The van der Waals surface area contributed by atoms with E-state index >= 15 is 0 Å². The van der Waals surface area contributed by atoms with E-state index in [2.05, 4.69) is 4.90 Å². The number of rotatable bonds is 2. The molecule has 4 nitrogen and oxygen atoms in total. The first-order valence-corrected chi connectivity index (χ1v) is 5.32. The van der Waals surface area contributed by atoms with Crippen LogP contribution in [0.2, 0.25) is 0 Å². The Morgan fingerprint density at radius 2 is 2.00 bits per heavy atom. The molecule has 0 radical (unpaired) electrons. The molecule has 0 amide bonds. The lowest BCUT2D eigenvalue weighted by atomic mass is 10.1. The predicted molar refractivity (Wildman–Crippen MR) is 51.2 cm³/mol. The SMILES string of the molecule is O=C(O)C1CCC(N2CCOCC2)C1. The molecule has 2 aliphatic rings. The minimum absolute atomic E-state index is 0.108. The van der Waals surface area contributed by atoms with Crippen LogP contribution in [0.5, 0.6) is 0 Å². The second-order valence-corrected chi connectivity index (χ2v) is 4.15. The quantitative estimate of drug-likeness (QED) is 0.706. The van der Waals surface area contributed by atoms with Crippen LogP contribution >= 0.6 is 0 Å². The van der Waals surface area contributed by atoms with E-state index in [1.807, 2.05) is 0 Å². The van der Waals surface area contributed by atoms with Crippen LogP contribution in [0.4, 0.5) is 0 Å². The van der Waals surface area contributed by atoms with Gasteiger partial charge in [0.25, 0.3) is 0 Å². The Morgan fingerprint density at radius 1 is 1.29 bits per heavy atom. The molecule has 2 unspecified atom stereocenters. The molecule has 1 aliphatic heterocycles. The maximum Gasteiger partial charge on any atom is 0.306 e. The largest absolute Gasteiger partial charge is 0.481 e. The third kappa shape index (κ3) is 2.07. The molecule has 0 bridgehead atoms. The molecular weight excluding hydrogens is 182 g/mol. The van der Waals surface area contributed by atoms with Gasteiger partial charge >= 0.3 is 5.97 Å². The second kappa shape index (κ2) is 4.28. The van der Waals surface area contributed by atoms with E-state index in [1.54, 1.807) is 0 Å². The Morgan fingerprint density at radius 3 is 2.57 bits per heavy atom. The fourth-order valence-electron chi connectivity index (χ4n) is 2.46. The monoisotopic (exact) mass is 199 g/mol. The number of aliphatic carboxylic acids is 1. The summed E-state index contributed by atoms with van der Waals surface area (Å²) in [7, 11) is 0. The maximum absolute atomic E-state index is 10.8. The van der Waals surface area contributed by atoms with Crippen molar-refractivity contribution in [1.29, 1.82) is 0 Å². The second-order valence-electron chi connectivity index (χ2n) is 4.15. The molecule has 0 aromatic heterocycles. The molecular formula is C10H17NO3. The lowest BCUT2D eigenvalue weighted by Gasteiger charge is -2.32. The lowest BCUT2D eigenvalue weighted by Crippen LogP contribution is -2.42. The van der Waals surface area contributed by atoms with Crippen molar-refractivity contribution >= 4 is 5.97 Å². The molecule has 14 heavy (non-hydrogen) atoms. The van der Waals surface area contributed by atoms with Crippen LogP contribution in [0.3, 0.4) is 0 Å². The summed E-state index contributed by atoms with van der Waals surface area (Å²) < 4.78 is 5.28. The van der Waals surface area contributed by atoms with Gasteiger partial charge in [-0.2, -0.15) is 0 Å². The molecule has 0 aromatic rings. The molecule has 2 fully saturated rings. The number of morpholine rings is 1. The number of nitrogens with zero attached hydrogens (tertiary/aromatic N) is 1. The molecule has 2 rings (SSSR count). The van der Waals surface area contributed by atoms with Crippen molar-refractivity contribution in [3.63, 3.8) is 0 Å². The standard InChI is InChI=1S/C10H17NO3/c12-10(13)8-1-2-9(7-8)11-3-5-14-6-4-11/h8-9H,1-7H2,(H,12,13). The van der Waals surface area contributed by atoms with E-state index in [9.17, 15) is 4.79 Å². The summed E-state index contributed by atoms with van der Waals surface area (Å²) in [5.74, 6) is -0.733. The molecule has 2 atom stereocenters. The summed E-state index contributed by atoms with van der Waals surface area (Å²) in [6, 6.07) is 0.486. The summed E-state index contributed by atoms with van der Waals surface area (Å²) in [5, 5.41) is 8.89. The molecule has 1 aliphatic carbocycles. The van der Waals surface area contributed by atoms with E-state index < -0.39 is 5.97 Å². The van der Waals surface area contributed by atoms with E-state index in [-0.39, 0.29) is 5.92 Å². The Balaban J connectivity index is 1.85. The van der Waals surface area contributed by atoms with Gasteiger partial charge in [-0.25, -0.2) is 0 Å². The average Bonchev–Trinajstić information content (AvgIpc) is 2.68. The third-order valence-corrected chi connectivity index (χ3v) is 3.32. The van der Waals surface area contributed by atoms with Gasteiger partial charge in [0.1, 0.15) is 0 Å². The van der Waals surface area contributed by atoms with Crippen molar-refractivity contribution in [2.45, 2.75) is 25.3 Å². The highest BCUT2D eigenvalue weighted by Crippen LogP contribution is 2.29. The Kier molecular flexibility index (Phi) is 3.03. The summed E-state index contributed by atoms with van der Waals surface area (Å²) in [6.07, 6.45) is 2.71. The molecule has 0 aromatic carbocycles. The van der Waals surface area contributed by atoms with Gasteiger partial charge in [0.2, 0.25) is 0 Å². The normalized spacial score (nSPS) is 34.6. The first kappa shape index (κ1) is 9.93. The molecule has 1 saturated heterocycles. The zero-order valence-electron chi connectivity index (χ0n) is 8.32. The first-order valence-electron chi connectivity index (χ1n) is 5.32. The van der Waals surface area contributed by atoms with Gasteiger partial charge in [0.05, 0.1) is 19.1 Å². The third-order valence-electron chi connectivity index (χ3n) is 3.32. The van der Waals surface area contributed by atoms with Gasteiger partial charge in [-0.3, -0.25) is 9.69 Å². The molecule has 1 heterocycles. The highest BCUT2D eigenvalue weighted by molar-refractivity contribution is 5.70. The highest BCUT2D eigenvalue weighted by Gasteiger charge is 2.33. The van der Waals surface area contributed by atoms with Gasteiger partial charge < -0.3 is 9.84 Å². The Labute approximate surface area is 83.8 Å². The highest BCUT2D eigenvalue weighted by atomic mass is 16.5. The van der Waals surface area contributed by atoms with Gasteiger partial charge in [-0.15, -0.1) is 0 Å². The van der Waals surface area contributed by atoms with Gasteiger partial charge in [0, 0.05) is 19.1 Å². The van der Waals surface area contributed by atoms with Crippen molar-refractivity contribution in [2.24, 2.45) is 5.92 Å². The predicted octanol–water partition coefficient (Wildman–Crippen LogP) is 0.572. The van der Waals surface area contributed by atoms with Crippen LogP contribution in [0, 0.1) is 5.92 Å². The lowest BCUT2D eigenvalue weighted by molar-refractivity contribution is -0.141. The maximum atomic E-state index is 10.8. The van der Waals surface area contributed by atoms with Crippen molar-refractivity contribution in [3.8, 4) is 0 Å². The van der Waals surface area contributed by atoms with Crippen LogP contribution in [-0.2, 0) is 9.53 Å². The number of carbonyl (C=O) groups is 1. The smallest absolute Gasteiger partial charge is 0.306 e.